The zero-order chi connectivity index (χ0) is 83.7. The maximum Gasteiger partial charge on any atom is 0.246 e. The van der Waals surface area contributed by atoms with Crippen LogP contribution in [0, 0.1) is 29.6 Å². The Labute approximate surface area is 668 Å². The molecular weight excluding hydrogens is 1510 g/mol. The van der Waals surface area contributed by atoms with Gasteiger partial charge < -0.3 is 106 Å². The van der Waals surface area contributed by atoms with E-state index in [1.165, 1.54) is 9.80 Å². The van der Waals surface area contributed by atoms with Gasteiger partial charge in [0.05, 0.1) is 26.2 Å². The molecule has 20 N–H and O–H groups in total. The summed E-state index contributed by atoms with van der Waals surface area (Å²) in [4.78, 5) is 242. The fourth-order valence-electron chi connectivity index (χ4n) is 15.1. The number of aliphatic hydroxyl groups is 2. The number of fused-ring (bicyclic) bond motifs is 10. The Hall–Kier alpha value is -8.59. The number of hydrogen-bond acceptors (Lipinski definition) is 21. The number of aliphatic imine (C=N–C) groups is 1. The molecule has 39 heteroatoms. The maximum atomic E-state index is 15.8. The van der Waals surface area contributed by atoms with E-state index in [4.69, 9.17) is 17.2 Å². The molecule has 0 aromatic carbocycles. The van der Waals surface area contributed by atoms with E-state index >= 15 is 33.6 Å². The molecule has 2 bridgehead atoms. The number of nitrogens with one attached hydrogen (secondary N) is 12. The largest absolute Gasteiger partial charge is 0.394 e. The molecule has 16 amide bonds. The summed E-state index contributed by atoms with van der Waals surface area (Å²) < 4.78 is -1.59. The summed E-state index contributed by atoms with van der Waals surface area (Å²) in [6.07, 6.45) is 4.19. The van der Waals surface area contributed by atoms with Crippen molar-refractivity contribution in [3.8, 4) is 0 Å². The number of carbonyl (C=O) groups excluding carboxylic acids is 16. The van der Waals surface area contributed by atoms with Crippen LogP contribution < -0.4 is 81.0 Å². The molecule has 0 aromatic heterocycles. The zero-order valence-corrected chi connectivity index (χ0v) is 68.5. The summed E-state index contributed by atoms with van der Waals surface area (Å²) in [7, 11) is 1.78. The SMILES string of the molecule is CC[C@H](C)[C@@H]1NC(=O)CNC(=O)CCCCNC(=O)C[C@@H](C(N)=O)NC(=O)[C@@H]2CCCN2C(=O)[C@H]([C@@H](C)CC)NC(=O)[C@H]2NC(=O)[C@H]([C@@H](C)CC)NC(=O)[C@@H]3C[C@@H]4CCCC[C@@H]4N3C(=O)[C@@H]3CCCN3C(=O)[C@H](CC(C)C)NC(=O)[C@H](CO)NC(=O)[C@H](CCCN=C(N)N)NC(=O)[C@H](CO)NC(=O)[C@H](CSSC2(C)C)NC1=O. The third kappa shape index (κ3) is 26.2. The van der Waals surface area contributed by atoms with E-state index in [0.29, 0.717) is 25.7 Å². The van der Waals surface area contributed by atoms with Gasteiger partial charge in [0.2, 0.25) is 94.5 Å². The second kappa shape index (κ2) is 44.3. The minimum Gasteiger partial charge on any atom is -0.394 e. The van der Waals surface area contributed by atoms with Crippen molar-refractivity contribution < 1.29 is 86.9 Å². The molecule has 6 aliphatic rings. The lowest BCUT2D eigenvalue weighted by atomic mass is 9.84. The molecule has 1 saturated carbocycles. The van der Waals surface area contributed by atoms with Crippen molar-refractivity contribution in [2.45, 2.75) is 281 Å². The van der Waals surface area contributed by atoms with Crippen molar-refractivity contribution in [1.82, 2.24) is 78.5 Å². The van der Waals surface area contributed by atoms with Crippen LogP contribution in [0.15, 0.2) is 4.99 Å². The topological polar surface area (TPSA) is 558 Å². The number of guanidine groups is 1. The lowest BCUT2D eigenvalue weighted by Crippen LogP contribution is -2.64. The second-order valence-corrected chi connectivity index (χ2v) is 34.6. The molecule has 0 radical (unpaired) electrons. The quantitative estimate of drug-likeness (QED) is 0.0330. The van der Waals surface area contributed by atoms with E-state index in [1.54, 1.807) is 74.1 Å². The molecule has 634 valence electrons. The molecule has 1 aliphatic carbocycles. The van der Waals surface area contributed by atoms with Gasteiger partial charge in [0, 0.05) is 49.1 Å². The monoisotopic (exact) mass is 1630 g/mol. The first-order valence-corrected chi connectivity index (χ1v) is 42.2. The van der Waals surface area contributed by atoms with Gasteiger partial charge in [0.25, 0.3) is 0 Å². The average Bonchev–Trinajstić information content (AvgIpc) is 1.63. The van der Waals surface area contributed by atoms with Crippen LogP contribution in [0.25, 0.3) is 0 Å². The van der Waals surface area contributed by atoms with Gasteiger partial charge in [0.1, 0.15) is 78.5 Å². The van der Waals surface area contributed by atoms with Crippen molar-refractivity contribution in [2.75, 3.05) is 51.7 Å². The Morgan fingerprint density at radius 3 is 1.69 bits per heavy atom. The van der Waals surface area contributed by atoms with Gasteiger partial charge in [-0.25, -0.2) is 0 Å². The predicted molar refractivity (Wildman–Crippen MR) is 419 cm³/mol. The van der Waals surface area contributed by atoms with E-state index in [9.17, 15) is 53.4 Å². The predicted octanol–water partition coefficient (Wildman–Crippen LogP) is -3.34. The van der Waals surface area contributed by atoms with Gasteiger partial charge in [-0.2, -0.15) is 0 Å². The molecule has 0 unspecified atom stereocenters. The van der Waals surface area contributed by atoms with E-state index in [2.05, 4.69) is 68.8 Å². The molecule has 5 saturated heterocycles. The van der Waals surface area contributed by atoms with Crippen LogP contribution in [0.1, 0.15) is 191 Å². The second-order valence-electron chi connectivity index (χ2n) is 31.6. The van der Waals surface area contributed by atoms with Crippen LogP contribution >= 0.6 is 21.6 Å². The molecule has 6 fully saturated rings. The zero-order valence-electron chi connectivity index (χ0n) is 66.8. The molecule has 113 heavy (non-hydrogen) atoms. The maximum absolute atomic E-state index is 15.8. The molecule has 5 aliphatic heterocycles. The van der Waals surface area contributed by atoms with Crippen LogP contribution in [-0.4, -0.2) is 266 Å². The molecule has 37 nitrogen and oxygen atoms in total. The highest BCUT2D eigenvalue weighted by Gasteiger charge is 2.53. The summed E-state index contributed by atoms with van der Waals surface area (Å²) in [6.45, 7) is 14.2. The number of primary amides is 1. The summed E-state index contributed by atoms with van der Waals surface area (Å²) in [6, 6.07) is -19.9. The standard InChI is InChI=1S/C74H123N19O18S2/c1-11-39(6)56-67(106)86-48-37-112-113-74(9,10)59(69(108)89-58(41(8)13-3)72(111)91-29-19-24-50(91)65(104)82-44(60(75)99)33-54(97)78-27-17-16-26-53(96)80-34-55(98)87-56)90-68(107)57(40(7)12-2)88-66(105)52-32-42-21-14-15-23-49(42)93(52)71(110)51-25-20-30-92(51)70(109)45(31-38(4)5)83-63(102)47(36-95)84-61(100)43(22-18-28-79-73(76)77)81-62(101)46(35-94)85-64(48)103/h38-52,56-59,94-95H,11-37H2,1-10H3,(H2,75,99)(H,78,97)(H,80,96)(H,81,101)(H,82,104)(H,83,102)(H,84,100)(H,85,103)(H,86,106)(H,87,98)(H,88,105)(H,89,108)(H,90,107)(H4,76,77,79)/t39-,40-,41-,42-,43-,44-,45-,46-,47-,48-,49-,50-,51-,52-,56-,57-,58-,59+/m0/s1. The van der Waals surface area contributed by atoms with Gasteiger partial charge in [-0.05, 0) is 120 Å². The number of nitrogens with zero attached hydrogens (tertiary/aromatic N) is 4. The Balaban J connectivity index is 1.53. The van der Waals surface area contributed by atoms with Crippen LogP contribution in [0.4, 0.5) is 0 Å². The van der Waals surface area contributed by atoms with Crippen molar-refractivity contribution in [3.63, 3.8) is 0 Å². The van der Waals surface area contributed by atoms with Gasteiger partial charge in [0.15, 0.2) is 5.96 Å². The van der Waals surface area contributed by atoms with Crippen LogP contribution in [0.2, 0.25) is 0 Å². The fraction of sp³-hybridized carbons (Fsp3) is 0.770. The van der Waals surface area contributed by atoms with E-state index < -0.39 is 234 Å². The highest BCUT2D eigenvalue weighted by Crippen LogP contribution is 2.42. The summed E-state index contributed by atoms with van der Waals surface area (Å²) >= 11 is 0. The molecular formula is C74H123N19O18S2. The smallest absolute Gasteiger partial charge is 0.246 e. The minimum absolute atomic E-state index is 0.00361. The minimum atomic E-state index is -1.92. The number of aliphatic hydroxyl groups excluding tert-OH is 2. The van der Waals surface area contributed by atoms with Crippen LogP contribution in [0.5, 0.6) is 0 Å². The highest BCUT2D eigenvalue weighted by molar-refractivity contribution is 8.77. The number of nitrogens with two attached hydrogens (primary N) is 3. The van der Waals surface area contributed by atoms with Gasteiger partial charge >= 0.3 is 0 Å². The van der Waals surface area contributed by atoms with Gasteiger partial charge in [-0.1, -0.05) is 109 Å². The van der Waals surface area contributed by atoms with Crippen molar-refractivity contribution >= 4 is 122 Å². The Morgan fingerprint density at radius 2 is 1.08 bits per heavy atom. The van der Waals surface area contributed by atoms with Crippen LogP contribution in [-0.2, 0) is 76.7 Å². The summed E-state index contributed by atoms with van der Waals surface area (Å²) in [5, 5.41) is 53.6. The molecule has 5 heterocycles. The number of rotatable bonds is 15. The Morgan fingerprint density at radius 1 is 0.531 bits per heavy atom. The van der Waals surface area contributed by atoms with E-state index in [-0.39, 0.29) is 121 Å². The number of hydrogen-bond donors (Lipinski definition) is 17. The lowest BCUT2D eigenvalue weighted by Gasteiger charge is -2.39. The lowest BCUT2D eigenvalue weighted by molar-refractivity contribution is -0.150. The normalized spacial score (nSPS) is 30.5. The Kier molecular flexibility index (Phi) is 36.6. The Bertz CT molecular complexity index is 3440. The average molecular weight is 1630 g/mol. The number of carbonyl (C=O) groups is 16. The van der Waals surface area contributed by atoms with Crippen LogP contribution in [0.3, 0.4) is 0 Å². The van der Waals surface area contributed by atoms with Crippen molar-refractivity contribution in [1.29, 1.82) is 0 Å². The summed E-state index contributed by atoms with van der Waals surface area (Å²) in [5.74, 6) is -16.9. The molecule has 18 atom stereocenters. The summed E-state index contributed by atoms with van der Waals surface area (Å²) in [5.41, 5.74) is 16.9. The third-order valence-corrected chi connectivity index (χ3v) is 25.6. The first kappa shape index (κ1) is 93.3. The van der Waals surface area contributed by atoms with E-state index in [1.807, 2.05) is 0 Å². The van der Waals surface area contributed by atoms with Gasteiger partial charge in [-0.15, -0.1) is 0 Å². The van der Waals surface area contributed by atoms with Crippen molar-refractivity contribution in [3.05, 3.63) is 0 Å². The first-order chi connectivity index (χ1) is 53.5. The van der Waals surface area contributed by atoms with E-state index in [0.717, 1.165) is 34.4 Å². The third-order valence-electron chi connectivity index (χ3n) is 22.3. The number of amides is 16. The highest BCUT2D eigenvalue weighted by atomic mass is 33.1. The molecule has 0 spiro atoms. The fourth-order valence-corrected chi connectivity index (χ4v) is 17.9. The first-order valence-electron chi connectivity index (χ1n) is 39.9. The molecule has 0 aromatic rings. The van der Waals surface area contributed by atoms with Crippen molar-refractivity contribution in [2.24, 2.45) is 51.8 Å². The van der Waals surface area contributed by atoms with Gasteiger partial charge in [-0.3, -0.25) is 81.7 Å². The molecule has 6 rings (SSSR count).